The van der Waals surface area contributed by atoms with Crippen LogP contribution in [0.25, 0.3) is 0 Å². The Bertz CT molecular complexity index is 618. The Balaban J connectivity index is 1.96. The van der Waals surface area contributed by atoms with E-state index in [-0.39, 0.29) is 11.3 Å². The molecule has 3 nitrogen and oxygen atoms in total. The Morgan fingerprint density at radius 1 is 1.38 bits per heavy atom. The van der Waals surface area contributed by atoms with Gasteiger partial charge in [-0.3, -0.25) is 4.79 Å². The Labute approximate surface area is 154 Å². The summed E-state index contributed by atoms with van der Waals surface area (Å²) in [5, 5.41) is 13.7. The summed E-state index contributed by atoms with van der Waals surface area (Å²) in [5.74, 6) is -0.696. The molecule has 1 N–H and O–H groups in total. The summed E-state index contributed by atoms with van der Waals surface area (Å²) in [6, 6.07) is 7.64. The second-order valence-corrected chi connectivity index (χ2v) is 7.50. The number of halogens is 2. The van der Waals surface area contributed by atoms with Crippen molar-refractivity contribution in [2.24, 2.45) is 11.3 Å². The molecule has 1 saturated carbocycles. The first-order valence-electron chi connectivity index (χ1n) is 8.63. The Morgan fingerprint density at radius 2 is 2.08 bits per heavy atom. The van der Waals surface area contributed by atoms with Crippen molar-refractivity contribution < 1.29 is 4.79 Å². The largest absolute Gasteiger partial charge is 0.355 e. The van der Waals surface area contributed by atoms with E-state index in [1.54, 1.807) is 12.1 Å². The smallest absolute Gasteiger partial charge is 0.237 e. The molecule has 1 aromatic carbocycles. The molecule has 0 aromatic heterocycles. The fraction of sp³-hybridized carbons (Fsp3) is 0.579. The molecule has 0 radical (unpaired) electrons. The lowest BCUT2D eigenvalue weighted by Crippen LogP contribution is -2.40. The molecule has 1 atom stereocenters. The number of amides is 1. The van der Waals surface area contributed by atoms with Gasteiger partial charge >= 0.3 is 0 Å². The summed E-state index contributed by atoms with van der Waals surface area (Å²) < 4.78 is 0. The number of hydrogen-bond acceptors (Lipinski definition) is 2. The molecule has 1 aliphatic rings. The van der Waals surface area contributed by atoms with Crippen molar-refractivity contribution in [2.75, 3.05) is 6.54 Å². The van der Waals surface area contributed by atoms with Gasteiger partial charge in [-0.15, -0.1) is 0 Å². The molecule has 1 amide bonds. The van der Waals surface area contributed by atoms with E-state index in [4.69, 9.17) is 23.2 Å². The normalized spacial score (nSPS) is 17.2. The highest BCUT2D eigenvalue weighted by Gasteiger charge is 2.44. The maximum absolute atomic E-state index is 12.6. The van der Waals surface area contributed by atoms with Crippen LogP contribution in [-0.4, -0.2) is 12.5 Å². The van der Waals surface area contributed by atoms with E-state index < -0.39 is 5.92 Å². The molecule has 1 aromatic rings. The summed E-state index contributed by atoms with van der Waals surface area (Å²) in [7, 11) is 0. The summed E-state index contributed by atoms with van der Waals surface area (Å²) in [6.45, 7) is 2.59. The molecule has 0 aliphatic heterocycles. The Kier molecular flexibility index (Phi) is 6.95. The quantitative estimate of drug-likeness (QED) is 0.724. The van der Waals surface area contributed by atoms with Gasteiger partial charge in [-0.05, 0) is 48.8 Å². The summed E-state index contributed by atoms with van der Waals surface area (Å²) >= 11 is 12.0. The van der Waals surface area contributed by atoms with Crippen molar-refractivity contribution in [1.82, 2.24) is 5.32 Å². The van der Waals surface area contributed by atoms with Crippen LogP contribution < -0.4 is 5.32 Å². The second-order valence-electron chi connectivity index (χ2n) is 6.66. The molecule has 1 aliphatic carbocycles. The fourth-order valence-corrected chi connectivity index (χ4v) is 4.38. The average Bonchev–Trinajstić information content (AvgIpc) is 3.00. The van der Waals surface area contributed by atoms with Gasteiger partial charge in [0.15, 0.2) is 0 Å². The van der Waals surface area contributed by atoms with E-state index in [9.17, 15) is 10.1 Å². The minimum Gasteiger partial charge on any atom is -0.355 e. The lowest BCUT2D eigenvalue weighted by Gasteiger charge is -2.32. The lowest BCUT2D eigenvalue weighted by molar-refractivity contribution is -0.127. The highest BCUT2D eigenvalue weighted by molar-refractivity contribution is 6.35. The zero-order chi connectivity index (χ0) is 17.6. The highest BCUT2D eigenvalue weighted by Crippen LogP contribution is 2.47. The molecule has 1 unspecified atom stereocenters. The number of nitriles is 1. The number of rotatable bonds is 7. The van der Waals surface area contributed by atoms with Crippen LogP contribution in [0.15, 0.2) is 18.2 Å². The number of benzene rings is 1. The van der Waals surface area contributed by atoms with Crippen molar-refractivity contribution in [3.63, 3.8) is 0 Å². The third kappa shape index (κ3) is 4.43. The standard InChI is InChI=1S/C19H24Cl2N2O/c1-2-8-19(9-3-4-10-19)16(13-22)18(24)23-11-7-14-5-6-15(20)12-17(14)21/h5-6,12,16H,2-4,7-11H2,1H3,(H,23,24). The molecule has 0 spiro atoms. The van der Waals surface area contributed by atoms with Crippen molar-refractivity contribution in [3.05, 3.63) is 33.8 Å². The van der Waals surface area contributed by atoms with Gasteiger partial charge in [0.1, 0.15) is 5.92 Å². The number of carbonyl (C=O) groups excluding carboxylic acids is 1. The van der Waals surface area contributed by atoms with Crippen LogP contribution in [0, 0.1) is 22.7 Å². The van der Waals surface area contributed by atoms with Crippen LogP contribution in [0.3, 0.4) is 0 Å². The van der Waals surface area contributed by atoms with Crippen LogP contribution in [0.5, 0.6) is 0 Å². The van der Waals surface area contributed by atoms with Crippen LogP contribution in [0.1, 0.15) is 51.0 Å². The number of nitrogens with zero attached hydrogens (tertiary/aromatic N) is 1. The van der Waals surface area contributed by atoms with Gasteiger partial charge in [0.25, 0.3) is 0 Å². The van der Waals surface area contributed by atoms with Gasteiger partial charge in [0, 0.05) is 16.6 Å². The molecule has 1 fully saturated rings. The van der Waals surface area contributed by atoms with Crippen molar-refractivity contribution in [2.45, 2.75) is 51.9 Å². The van der Waals surface area contributed by atoms with Gasteiger partial charge in [-0.1, -0.05) is 55.5 Å². The number of nitrogens with one attached hydrogen (secondary N) is 1. The van der Waals surface area contributed by atoms with Gasteiger partial charge in [0.2, 0.25) is 5.91 Å². The minimum absolute atomic E-state index is 0.133. The van der Waals surface area contributed by atoms with Gasteiger partial charge in [-0.2, -0.15) is 5.26 Å². The third-order valence-electron chi connectivity index (χ3n) is 5.06. The average molecular weight is 367 g/mol. The number of hydrogen-bond donors (Lipinski definition) is 1. The van der Waals surface area contributed by atoms with E-state index in [1.807, 2.05) is 6.07 Å². The Morgan fingerprint density at radius 3 is 2.67 bits per heavy atom. The highest BCUT2D eigenvalue weighted by atomic mass is 35.5. The van der Waals surface area contributed by atoms with E-state index in [2.05, 4.69) is 18.3 Å². The molecule has 24 heavy (non-hydrogen) atoms. The Hall–Kier alpha value is -1.24. The molecule has 0 bridgehead atoms. The molecule has 0 saturated heterocycles. The molecule has 2 rings (SSSR count). The predicted octanol–water partition coefficient (Wildman–Crippen LogP) is 5.15. The summed E-state index contributed by atoms with van der Waals surface area (Å²) in [6.07, 6.45) is 6.77. The minimum atomic E-state index is -0.555. The number of carbonyl (C=O) groups is 1. The maximum atomic E-state index is 12.6. The monoisotopic (exact) mass is 366 g/mol. The zero-order valence-electron chi connectivity index (χ0n) is 14.1. The van der Waals surface area contributed by atoms with Crippen molar-refractivity contribution in [1.29, 1.82) is 5.26 Å². The van der Waals surface area contributed by atoms with Crippen LogP contribution in [-0.2, 0) is 11.2 Å². The van der Waals surface area contributed by atoms with E-state index in [1.165, 1.54) is 0 Å². The van der Waals surface area contributed by atoms with Crippen LogP contribution in [0.4, 0.5) is 0 Å². The fourth-order valence-electron chi connectivity index (χ4n) is 3.88. The molecule has 0 heterocycles. The predicted molar refractivity (Wildman–Crippen MR) is 98.1 cm³/mol. The SMILES string of the molecule is CCCC1(C(C#N)C(=O)NCCc2ccc(Cl)cc2Cl)CCCC1. The molecule has 130 valence electrons. The molecule has 5 heteroatoms. The van der Waals surface area contributed by atoms with E-state index >= 15 is 0 Å². The topological polar surface area (TPSA) is 52.9 Å². The second kappa shape index (κ2) is 8.74. The van der Waals surface area contributed by atoms with Crippen molar-refractivity contribution in [3.8, 4) is 6.07 Å². The first-order chi connectivity index (χ1) is 11.5. The van der Waals surface area contributed by atoms with Crippen LogP contribution >= 0.6 is 23.2 Å². The lowest BCUT2D eigenvalue weighted by atomic mass is 9.71. The van der Waals surface area contributed by atoms with E-state index in [0.717, 1.165) is 44.1 Å². The first kappa shape index (κ1) is 19.1. The van der Waals surface area contributed by atoms with Crippen molar-refractivity contribution >= 4 is 29.1 Å². The zero-order valence-corrected chi connectivity index (χ0v) is 15.6. The van der Waals surface area contributed by atoms with Crippen LogP contribution in [0.2, 0.25) is 10.0 Å². The summed E-state index contributed by atoms with van der Waals surface area (Å²) in [4.78, 5) is 12.6. The maximum Gasteiger partial charge on any atom is 0.237 e. The third-order valence-corrected chi connectivity index (χ3v) is 5.65. The molecular formula is C19H24Cl2N2O. The van der Waals surface area contributed by atoms with Gasteiger partial charge < -0.3 is 5.32 Å². The van der Waals surface area contributed by atoms with E-state index in [0.29, 0.717) is 23.0 Å². The van der Waals surface area contributed by atoms with Gasteiger partial charge in [-0.25, -0.2) is 0 Å². The summed E-state index contributed by atoms with van der Waals surface area (Å²) in [5.41, 5.74) is 0.810. The van der Waals surface area contributed by atoms with Gasteiger partial charge in [0.05, 0.1) is 6.07 Å². The molecular weight excluding hydrogens is 343 g/mol. The first-order valence-corrected chi connectivity index (χ1v) is 9.39.